The number of hydrogen-bond donors (Lipinski definition) is 0. The molecule has 0 spiro atoms. The number of nitriles is 1. The smallest absolute Gasteiger partial charge is 0.321 e. The summed E-state index contributed by atoms with van der Waals surface area (Å²) in [6, 6.07) is 15.7. The van der Waals surface area contributed by atoms with Gasteiger partial charge in [-0.05, 0) is 126 Å². The van der Waals surface area contributed by atoms with Gasteiger partial charge >= 0.3 is 6.03 Å². The second kappa shape index (κ2) is 16.8. The van der Waals surface area contributed by atoms with Gasteiger partial charge in [0.1, 0.15) is 10.6 Å². The molecule has 3 aliphatic rings. The zero-order chi connectivity index (χ0) is 38.5. The van der Waals surface area contributed by atoms with Gasteiger partial charge in [0, 0.05) is 31.4 Å². The zero-order valence-corrected chi connectivity index (χ0v) is 32.7. The van der Waals surface area contributed by atoms with E-state index in [1.54, 1.807) is 49.1 Å². The van der Waals surface area contributed by atoms with Crippen molar-refractivity contribution in [2.45, 2.75) is 76.7 Å². The highest BCUT2D eigenvalue weighted by atomic mass is 32.2. The summed E-state index contributed by atoms with van der Waals surface area (Å²) in [5.74, 6) is 0.425. The predicted molar refractivity (Wildman–Crippen MR) is 206 cm³/mol. The van der Waals surface area contributed by atoms with Crippen molar-refractivity contribution in [2.24, 2.45) is 11.8 Å². The number of hydrogen-bond acceptors (Lipinski definition) is 9. The number of fused-ring (bicyclic) bond motifs is 1. The largest absolute Gasteiger partial charge is 0.492 e. The van der Waals surface area contributed by atoms with Gasteiger partial charge in [-0.3, -0.25) is 4.79 Å². The Morgan fingerprint density at radius 3 is 2.24 bits per heavy atom. The molecule has 3 aliphatic heterocycles. The summed E-state index contributed by atoms with van der Waals surface area (Å²) in [6.45, 7) is 12.6. The molecule has 0 N–H and O–H groups in total. The van der Waals surface area contributed by atoms with E-state index in [9.17, 15) is 13.7 Å². The van der Waals surface area contributed by atoms with Crippen LogP contribution in [0.3, 0.4) is 0 Å². The van der Waals surface area contributed by atoms with Crippen LogP contribution in [0, 0.1) is 23.2 Å². The summed E-state index contributed by atoms with van der Waals surface area (Å²) in [7, 11) is -4.64. The number of anilines is 1. The minimum Gasteiger partial charge on any atom is -0.492 e. The number of carbonyl (C=O) groups excluding carboxylic acids is 2. The second-order valence-electron chi connectivity index (χ2n) is 14.2. The number of carbonyl (C=O) groups is 2. The van der Waals surface area contributed by atoms with Gasteiger partial charge in [0.25, 0.3) is 15.9 Å². The molecule has 1 aromatic heterocycles. The molecule has 0 aliphatic carbocycles. The number of piperidine rings is 2. The van der Waals surface area contributed by atoms with Crippen LogP contribution in [0.2, 0.25) is 0 Å². The summed E-state index contributed by atoms with van der Waals surface area (Å²) in [5.41, 5.74) is -1.40. The molecule has 2 saturated heterocycles. The lowest BCUT2D eigenvalue weighted by Gasteiger charge is -2.45. The third-order valence-corrected chi connectivity index (χ3v) is 12.8. The summed E-state index contributed by atoms with van der Waals surface area (Å²) >= 11 is 0. The number of para-hydroxylation sites is 1. The maximum absolute atomic E-state index is 15.7. The summed E-state index contributed by atoms with van der Waals surface area (Å²) < 4.78 is 42.3. The molecule has 1 atom stereocenters. The SMILES string of the molecule is CCCN1CCC(C2CCN(C(=O)N(CCC)C3(c4cccnc4OCC)C(=O)N(S(=O)(=O)c4ccccc4OCC)c4ccc(C#N)cc43)CC2)CC1. The number of pyridine rings is 1. The van der Waals surface area contributed by atoms with Gasteiger partial charge < -0.3 is 24.2 Å². The quantitative estimate of drug-likeness (QED) is 0.194. The Morgan fingerprint density at radius 2 is 1.59 bits per heavy atom. The average Bonchev–Trinajstić information content (AvgIpc) is 3.45. The van der Waals surface area contributed by atoms with E-state index in [0.29, 0.717) is 31.3 Å². The first-order valence-electron chi connectivity index (χ1n) is 19.4. The third kappa shape index (κ3) is 7.02. The van der Waals surface area contributed by atoms with Gasteiger partial charge in [0.15, 0.2) is 5.54 Å². The molecular formula is C41H52N6O6S. The number of benzene rings is 2. The summed E-state index contributed by atoms with van der Waals surface area (Å²) in [6.07, 6.45) is 7.18. The fourth-order valence-electron chi connectivity index (χ4n) is 8.63. The van der Waals surface area contributed by atoms with Crippen LogP contribution < -0.4 is 13.8 Å². The highest BCUT2D eigenvalue weighted by molar-refractivity contribution is 7.93. The highest BCUT2D eigenvalue weighted by Crippen LogP contribution is 2.53. The number of sulfonamides is 1. The van der Waals surface area contributed by atoms with Crippen molar-refractivity contribution in [3.05, 3.63) is 77.5 Å². The molecule has 12 nitrogen and oxygen atoms in total. The Morgan fingerprint density at radius 1 is 0.907 bits per heavy atom. The van der Waals surface area contributed by atoms with Crippen LogP contribution in [0.4, 0.5) is 10.5 Å². The van der Waals surface area contributed by atoms with Crippen molar-refractivity contribution in [2.75, 3.05) is 56.8 Å². The maximum atomic E-state index is 15.7. The van der Waals surface area contributed by atoms with Gasteiger partial charge in [-0.2, -0.15) is 9.57 Å². The van der Waals surface area contributed by atoms with Crippen molar-refractivity contribution in [3.8, 4) is 17.7 Å². The Labute approximate surface area is 319 Å². The molecule has 2 fully saturated rings. The number of nitrogens with zero attached hydrogens (tertiary/aromatic N) is 6. The van der Waals surface area contributed by atoms with E-state index in [-0.39, 0.29) is 64.7 Å². The van der Waals surface area contributed by atoms with E-state index in [2.05, 4.69) is 22.9 Å². The summed E-state index contributed by atoms with van der Waals surface area (Å²) in [5, 5.41) is 10.1. The van der Waals surface area contributed by atoms with Crippen LogP contribution in [0.25, 0.3) is 0 Å². The normalized spacial score (nSPS) is 19.7. The number of urea groups is 1. The fraction of sp³-hybridized carbons (Fsp3) is 0.512. The molecule has 3 amide bonds. The molecular weight excluding hydrogens is 705 g/mol. The molecule has 288 valence electrons. The Bertz CT molecular complexity index is 1970. The van der Waals surface area contributed by atoms with E-state index in [4.69, 9.17) is 9.47 Å². The molecule has 0 radical (unpaired) electrons. The molecule has 2 aromatic carbocycles. The number of ether oxygens (including phenoxy) is 2. The maximum Gasteiger partial charge on any atom is 0.321 e. The van der Waals surface area contributed by atoms with Crippen molar-refractivity contribution in [1.29, 1.82) is 5.26 Å². The molecule has 6 rings (SSSR count). The third-order valence-electron chi connectivity index (χ3n) is 11.1. The van der Waals surface area contributed by atoms with Crippen LogP contribution in [0.5, 0.6) is 11.6 Å². The van der Waals surface area contributed by atoms with Gasteiger partial charge in [-0.1, -0.05) is 26.0 Å². The Kier molecular flexibility index (Phi) is 12.1. The molecule has 0 saturated carbocycles. The van der Waals surface area contributed by atoms with Crippen molar-refractivity contribution in [3.63, 3.8) is 0 Å². The van der Waals surface area contributed by atoms with E-state index in [0.717, 1.165) is 56.0 Å². The molecule has 1 unspecified atom stereocenters. The first-order chi connectivity index (χ1) is 26.2. The van der Waals surface area contributed by atoms with E-state index < -0.39 is 21.5 Å². The van der Waals surface area contributed by atoms with Crippen LogP contribution in [-0.2, 0) is 20.4 Å². The minimum absolute atomic E-state index is 0.0404. The number of amides is 3. The number of likely N-dealkylation sites (tertiary alicyclic amines) is 2. The predicted octanol–water partition coefficient (Wildman–Crippen LogP) is 6.40. The topological polar surface area (TPSA) is 136 Å². The van der Waals surface area contributed by atoms with Crippen LogP contribution >= 0.6 is 0 Å². The fourth-order valence-corrected chi connectivity index (χ4v) is 10.2. The minimum atomic E-state index is -4.64. The van der Waals surface area contributed by atoms with Gasteiger partial charge in [0.05, 0.1) is 36.1 Å². The second-order valence-corrected chi connectivity index (χ2v) is 16.0. The average molecular weight is 757 g/mol. The van der Waals surface area contributed by atoms with E-state index in [1.807, 2.05) is 6.92 Å². The zero-order valence-electron chi connectivity index (χ0n) is 31.9. The number of rotatable bonds is 13. The molecule has 54 heavy (non-hydrogen) atoms. The summed E-state index contributed by atoms with van der Waals surface area (Å²) in [4.78, 5) is 41.0. The lowest BCUT2D eigenvalue weighted by molar-refractivity contribution is -0.125. The van der Waals surface area contributed by atoms with Crippen LogP contribution in [0.1, 0.15) is 82.9 Å². The van der Waals surface area contributed by atoms with Gasteiger partial charge in [-0.15, -0.1) is 0 Å². The van der Waals surface area contributed by atoms with Gasteiger partial charge in [-0.25, -0.2) is 18.2 Å². The first kappa shape index (κ1) is 39.0. The van der Waals surface area contributed by atoms with Gasteiger partial charge in [0.2, 0.25) is 5.88 Å². The van der Waals surface area contributed by atoms with Crippen LogP contribution in [0.15, 0.2) is 65.7 Å². The number of aromatic nitrogens is 1. The van der Waals surface area contributed by atoms with Crippen LogP contribution in [-0.4, -0.2) is 92.5 Å². The monoisotopic (exact) mass is 756 g/mol. The molecule has 4 heterocycles. The lowest BCUT2D eigenvalue weighted by atomic mass is 9.78. The van der Waals surface area contributed by atoms with Crippen molar-refractivity contribution < 1.29 is 27.5 Å². The highest BCUT2D eigenvalue weighted by Gasteiger charge is 2.62. The first-order valence-corrected chi connectivity index (χ1v) is 20.8. The Hall–Kier alpha value is -4.67. The van der Waals surface area contributed by atoms with E-state index in [1.165, 1.54) is 35.4 Å². The molecule has 0 bridgehead atoms. The lowest BCUT2D eigenvalue weighted by Crippen LogP contribution is -2.61. The molecule has 13 heteroatoms. The standard InChI is InChI=1S/C41H52N6O6S/c1-5-22-44-24-17-31(18-25-44)32-19-26-45(27-20-32)40(49)46(23-6-2)41(33-12-11-21-43-38(33)53-8-4)34-28-30(29-42)15-16-35(34)47(39(41)48)54(50,51)37-14-10-9-13-36(37)52-7-3/h9-16,21,28,31-32H,5-8,17-20,22-27H2,1-4H3. The van der Waals surface area contributed by atoms with Crippen molar-refractivity contribution >= 4 is 27.6 Å². The van der Waals surface area contributed by atoms with E-state index >= 15 is 9.59 Å². The Balaban J connectivity index is 1.48. The van der Waals surface area contributed by atoms with Crippen molar-refractivity contribution in [1.82, 2.24) is 19.7 Å². The molecule has 3 aromatic rings.